The van der Waals surface area contributed by atoms with Crippen LogP contribution in [0.1, 0.15) is 42.6 Å². The molecule has 35 heavy (non-hydrogen) atoms. The number of aliphatic hydroxyl groups is 1. The monoisotopic (exact) mass is 476 g/mol. The van der Waals surface area contributed by atoms with Gasteiger partial charge < -0.3 is 10.2 Å². The van der Waals surface area contributed by atoms with Gasteiger partial charge in [-0.1, -0.05) is 74.0 Å². The van der Waals surface area contributed by atoms with Gasteiger partial charge in [0.1, 0.15) is 11.6 Å². The van der Waals surface area contributed by atoms with Crippen molar-refractivity contribution in [3.63, 3.8) is 0 Å². The molecule has 0 aliphatic carbocycles. The number of aromatic hydroxyl groups is 1. The van der Waals surface area contributed by atoms with E-state index in [2.05, 4.69) is 0 Å². The summed E-state index contributed by atoms with van der Waals surface area (Å²) in [4.78, 5) is 0. The van der Waals surface area contributed by atoms with E-state index in [4.69, 9.17) is 0 Å². The van der Waals surface area contributed by atoms with E-state index in [1.165, 1.54) is 12.1 Å². The summed E-state index contributed by atoms with van der Waals surface area (Å²) in [7, 11) is 0. The first-order valence-corrected chi connectivity index (χ1v) is 11.7. The third-order valence-electron chi connectivity index (χ3n) is 6.23. The van der Waals surface area contributed by atoms with Crippen LogP contribution in [0, 0.1) is 17.5 Å². The maximum atomic E-state index is 14.9. The first-order chi connectivity index (χ1) is 16.9. The van der Waals surface area contributed by atoms with Gasteiger partial charge >= 0.3 is 0 Å². The van der Waals surface area contributed by atoms with E-state index in [1.54, 1.807) is 48.5 Å². The molecule has 4 aromatic rings. The van der Waals surface area contributed by atoms with Crippen LogP contribution in [0.2, 0.25) is 0 Å². The Labute approximate surface area is 203 Å². The van der Waals surface area contributed by atoms with Crippen molar-refractivity contribution in [2.75, 3.05) is 0 Å². The lowest BCUT2D eigenvalue weighted by Gasteiger charge is -2.12. The SMILES string of the molecule is CCCC(O)c1ccc(-c2ccc(CCc3ccc(-c4ccc(O)cc4F)cc3)c(F)c2F)cc1. The van der Waals surface area contributed by atoms with Crippen molar-refractivity contribution >= 4 is 0 Å². The minimum absolute atomic E-state index is 0.133. The molecule has 180 valence electrons. The van der Waals surface area contributed by atoms with Crippen LogP contribution in [-0.2, 0) is 12.8 Å². The zero-order valence-electron chi connectivity index (χ0n) is 19.4. The van der Waals surface area contributed by atoms with Crippen molar-refractivity contribution in [1.29, 1.82) is 0 Å². The predicted molar refractivity (Wildman–Crippen MR) is 133 cm³/mol. The fraction of sp³-hybridized carbons (Fsp3) is 0.200. The topological polar surface area (TPSA) is 40.5 Å². The maximum Gasteiger partial charge on any atom is 0.166 e. The van der Waals surface area contributed by atoms with Gasteiger partial charge in [-0.2, -0.15) is 0 Å². The van der Waals surface area contributed by atoms with Crippen LogP contribution in [0.4, 0.5) is 13.2 Å². The van der Waals surface area contributed by atoms with Crippen molar-refractivity contribution in [3.8, 4) is 28.0 Å². The second kappa shape index (κ2) is 10.8. The van der Waals surface area contributed by atoms with Crippen LogP contribution < -0.4 is 0 Å². The summed E-state index contributed by atoms with van der Waals surface area (Å²) >= 11 is 0. The van der Waals surface area contributed by atoms with Gasteiger partial charge in [-0.25, -0.2) is 13.2 Å². The number of aliphatic hydroxyl groups excluding tert-OH is 1. The third kappa shape index (κ3) is 5.57. The van der Waals surface area contributed by atoms with Gasteiger partial charge in [0.2, 0.25) is 0 Å². The van der Waals surface area contributed by atoms with Gasteiger partial charge in [-0.05, 0) is 59.2 Å². The summed E-state index contributed by atoms with van der Waals surface area (Å²) < 4.78 is 43.8. The van der Waals surface area contributed by atoms with Gasteiger partial charge in [0.05, 0.1) is 6.10 Å². The van der Waals surface area contributed by atoms with Gasteiger partial charge in [0.25, 0.3) is 0 Å². The maximum absolute atomic E-state index is 14.9. The van der Waals surface area contributed by atoms with E-state index in [0.717, 1.165) is 23.6 Å². The summed E-state index contributed by atoms with van der Waals surface area (Å²) in [5.41, 5.74) is 3.74. The Kier molecular flexibility index (Phi) is 7.57. The Bertz CT molecular complexity index is 1300. The number of rotatable bonds is 8. The predicted octanol–water partition coefficient (Wildman–Crippen LogP) is 7.76. The summed E-state index contributed by atoms with van der Waals surface area (Å²) in [6.07, 6.45) is 1.75. The molecule has 2 N–H and O–H groups in total. The molecule has 0 bridgehead atoms. The first-order valence-electron chi connectivity index (χ1n) is 11.7. The summed E-state index contributed by atoms with van der Waals surface area (Å²) in [5.74, 6) is -2.39. The van der Waals surface area contributed by atoms with Crippen LogP contribution in [-0.4, -0.2) is 10.2 Å². The average molecular weight is 477 g/mol. The molecule has 4 rings (SSSR count). The molecular weight excluding hydrogens is 449 g/mol. The van der Waals surface area contributed by atoms with Gasteiger partial charge in [0.15, 0.2) is 11.6 Å². The summed E-state index contributed by atoms with van der Waals surface area (Å²) in [5, 5.41) is 19.5. The van der Waals surface area contributed by atoms with Crippen LogP contribution >= 0.6 is 0 Å². The Morgan fingerprint density at radius 2 is 1.34 bits per heavy atom. The fourth-order valence-electron chi connectivity index (χ4n) is 4.20. The van der Waals surface area contributed by atoms with Gasteiger partial charge in [0, 0.05) is 17.2 Å². The van der Waals surface area contributed by atoms with Crippen LogP contribution in [0.5, 0.6) is 5.75 Å². The Morgan fingerprint density at radius 3 is 2.00 bits per heavy atom. The van der Waals surface area contributed by atoms with Crippen molar-refractivity contribution < 1.29 is 23.4 Å². The zero-order chi connectivity index (χ0) is 24.9. The van der Waals surface area contributed by atoms with E-state index >= 15 is 0 Å². The molecule has 0 aromatic heterocycles. The third-order valence-corrected chi connectivity index (χ3v) is 6.23. The summed E-state index contributed by atoms with van der Waals surface area (Å²) in [6, 6.07) is 21.3. The molecule has 1 atom stereocenters. The summed E-state index contributed by atoms with van der Waals surface area (Å²) in [6.45, 7) is 1.99. The highest BCUT2D eigenvalue weighted by molar-refractivity contribution is 5.66. The number of halogens is 3. The molecule has 0 heterocycles. The molecule has 2 nitrogen and oxygen atoms in total. The lowest BCUT2D eigenvalue weighted by atomic mass is 9.96. The highest BCUT2D eigenvalue weighted by Gasteiger charge is 2.16. The molecule has 4 aromatic carbocycles. The molecule has 0 saturated carbocycles. The second-order valence-corrected chi connectivity index (χ2v) is 8.69. The van der Waals surface area contributed by atoms with Crippen LogP contribution in [0.25, 0.3) is 22.3 Å². The number of aryl methyl sites for hydroxylation is 2. The number of phenols is 1. The molecule has 0 spiro atoms. The normalized spacial score (nSPS) is 12.0. The van der Waals surface area contributed by atoms with Gasteiger partial charge in [-0.15, -0.1) is 0 Å². The van der Waals surface area contributed by atoms with Crippen molar-refractivity contribution in [2.45, 2.75) is 38.7 Å². The number of phenolic OH excluding ortho intramolecular Hbond substituents is 1. The number of hydrogen-bond donors (Lipinski definition) is 2. The lowest BCUT2D eigenvalue weighted by Crippen LogP contribution is -2.00. The van der Waals surface area contributed by atoms with Crippen molar-refractivity contribution in [2.24, 2.45) is 0 Å². The Hall–Kier alpha value is -3.57. The molecule has 0 amide bonds. The molecule has 0 saturated heterocycles. The molecular formula is C30H27F3O2. The first kappa shape index (κ1) is 24.6. The minimum Gasteiger partial charge on any atom is -0.508 e. The molecule has 0 fully saturated rings. The van der Waals surface area contributed by atoms with E-state index in [-0.39, 0.29) is 16.9 Å². The van der Waals surface area contributed by atoms with Crippen molar-refractivity contribution in [1.82, 2.24) is 0 Å². The molecule has 1 unspecified atom stereocenters. The van der Waals surface area contributed by atoms with E-state index < -0.39 is 23.6 Å². The Morgan fingerprint density at radius 1 is 0.714 bits per heavy atom. The lowest BCUT2D eigenvalue weighted by molar-refractivity contribution is 0.166. The van der Waals surface area contributed by atoms with Gasteiger partial charge in [-0.3, -0.25) is 0 Å². The fourth-order valence-corrected chi connectivity index (χ4v) is 4.20. The van der Waals surface area contributed by atoms with E-state index in [0.29, 0.717) is 36.0 Å². The van der Waals surface area contributed by atoms with Crippen LogP contribution in [0.15, 0.2) is 78.9 Å². The average Bonchev–Trinajstić information content (AvgIpc) is 2.86. The zero-order valence-corrected chi connectivity index (χ0v) is 19.4. The second-order valence-electron chi connectivity index (χ2n) is 8.69. The standard InChI is InChI=1S/C30H27F3O2/c1-2-3-28(35)22-12-10-21(11-13-22)26-16-14-23(29(32)30(26)33)9-6-19-4-7-20(8-5-19)25-17-15-24(34)18-27(25)31/h4-5,7-8,10-18,28,34-35H,2-3,6,9H2,1H3. The largest absolute Gasteiger partial charge is 0.508 e. The van der Waals surface area contributed by atoms with E-state index in [1.807, 2.05) is 19.1 Å². The highest BCUT2D eigenvalue weighted by atomic mass is 19.2. The molecule has 5 heteroatoms. The van der Waals surface area contributed by atoms with Crippen molar-refractivity contribution in [3.05, 3.63) is 113 Å². The Balaban J connectivity index is 1.45. The minimum atomic E-state index is -0.887. The highest BCUT2D eigenvalue weighted by Crippen LogP contribution is 2.30. The quantitative estimate of drug-likeness (QED) is 0.273. The molecule has 0 radical (unpaired) electrons. The smallest absolute Gasteiger partial charge is 0.166 e. The molecule has 0 aliphatic rings. The van der Waals surface area contributed by atoms with Crippen LogP contribution in [0.3, 0.4) is 0 Å². The van der Waals surface area contributed by atoms with E-state index in [9.17, 15) is 23.4 Å². The number of benzene rings is 4. The number of hydrogen-bond acceptors (Lipinski definition) is 2. The molecule has 0 aliphatic heterocycles.